The van der Waals surface area contributed by atoms with Gasteiger partial charge in [-0.2, -0.15) is 0 Å². The van der Waals surface area contributed by atoms with E-state index in [0.717, 1.165) is 43.8 Å². The molecule has 0 bridgehead atoms. The maximum absolute atomic E-state index is 12.4. The molecule has 0 aromatic heterocycles. The SMILES string of the molecule is CC1(C)Cc2cc(C(=O)NS(C)(=O)=O)cc(Cl)c2NC1c1cccc(N2CCOCC2)c1. The summed E-state index contributed by atoms with van der Waals surface area (Å²) in [5.41, 5.74) is 4.06. The predicted molar refractivity (Wildman–Crippen MR) is 127 cm³/mol. The molecule has 2 aromatic carbocycles. The minimum absolute atomic E-state index is 0.0178. The summed E-state index contributed by atoms with van der Waals surface area (Å²) < 4.78 is 30.4. The number of sulfonamides is 1. The lowest BCUT2D eigenvalue weighted by Crippen LogP contribution is -2.37. The first kappa shape index (κ1) is 22.9. The molecule has 0 saturated carbocycles. The van der Waals surface area contributed by atoms with E-state index in [1.54, 1.807) is 6.07 Å². The Kier molecular flexibility index (Phi) is 6.13. The summed E-state index contributed by atoms with van der Waals surface area (Å²) in [5, 5.41) is 3.99. The summed E-state index contributed by atoms with van der Waals surface area (Å²) in [6, 6.07) is 11.8. The molecule has 1 unspecified atom stereocenters. The fraction of sp³-hybridized carbons (Fsp3) is 0.435. The highest BCUT2D eigenvalue weighted by atomic mass is 35.5. The molecule has 0 aliphatic carbocycles. The van der Waals surface area contributed by atoms with E-state index in [1.165, 1.54) is 17.3 Å². The van der Waals surface area contributed by atoms with E-state index < -0.39 is 15.9 Å². The van der Waals surface area contributed by atoms with Gasteiger partial charge in [-0.15, -0.1) is 0 Å². The van der Waals surface area contributed by atoms with Gasteiger partial charge in [0.05, 0.1) is 36.2 Å². The summed E-state index contributed by atoms with van der Waals surface area (Å²) >= 11 is 6.55. The van der Waals surface area contributed by atoms with Crippen LogP contribution in [0.15, 0.2) is 36.4 Å². The number of amides is 1. The van der Waals surface area contributed by atoms with E-state index in [2.05, 4.69) is 48.3 Å². The van der Waals surface area contributed by atoms with Gasteiger partial charge in [0.1, 0.15) is 0 Å². The van der Waals surface area contributed by atoms with E-state index in [4.69, 9.17) is 16.3 Å². The average Bonchev–Trinajstić information content (AvgIpc) is 2.72. The monoisotopic (exact) mass is 477 g/mol. The summed E-state index contributed by atoms with van der Waals surface area (Å²) in [6.07, 6.45) is 1.63. The number of halogens is 1. The first-order valence-corrected chi connectivity index (χ1v) is 12.8. The number of nitrogens with one attached hydrogen (secondary N) is 2. The smallest absolute Gasteiger partial charge is 0.264 e. The van der Waals surface area contributed by atoms with Crippen molar-refractivity contribution in [2.24, 2.45) is 5.41 Å². The van der Waals surface area contributed by atoms with Gasteiger partial charge in [0.15, 0.2) is 0 Å². The fourth-order valence-electron chi connectivity index (χ4n) is 4.51. The highest BCUT2D eigenvalue weighted by Gasteiger charge is 2.37. The zero-order valence-corrected chi connectivity index (χ0v) is 20.0. The quantitative estimate of drug-likeness (QED) is 0.699. The first-order valence-electron chi connectivity index (χ1n) is 10.6. The molecule has 2 aromatic rings. The van der Waals surface area contributed by atoms with Crippen molar-refractivity contribution in [1.82, 2.24) is 4.72 Å². The van der Waals surface area contributed by atoms with Crippen LogP contribution in [-0.4, -0.2) is 46.9 Å². The number of fused-ring (bicyclic) bond motifs is 1. The third-order valence-corrected chi connectivity index (χ3v) is 6.86. The lowest BCUT2D eigenvalue weighted by molar-refractivity contribution is 0.0981. The van der Waals surface area contributed by atoms with Crippen LogP contribution in [0.4, 0.5) is 11.4 Å². The third-order valence-electron chi connectivity index (χ3n) is 6.01. The van der Waals surface area contributed by atoms with E-state index in [9.17, 15) is 13.2 Å². The molecule has 32 heavy (non-hydrogen) atoms. The molecule has 2 aliphatic rings. The van der Waals surface area contributed by atoms with Crippen LogP contribution in [-0.2, 0) is 21.2 Å². The number of nitrogens with zero attached hydrogens (tertiary/aromatic N) is 1. The standard InChI is InChI=1S/C23H28ClN3O4S/c1-23(2)14-17-11-16(22(28)26-32(3,29)30)13-19(24)20(17)25-21(23)15-5-4-6-18(12-15)27-7-9-31-10-8-27/h4-6,11-13,21,25H,7-10,14H2,1-3H3,(H,26,28). The van der Waals surface area contributed by atoms with Crippen LogP contribution in [0.3, 0.4) is 0 Å². The number of benzene rings is 2. The largest absolute Gasteiger partial charge is 0.378 e. The second kappa shape index (κ2) is 8.57. The molecule has 2 N–H and O–H groups in total. The number of hydrogen-bond acceptors (Lipinski definition) is 6. The number of ether oxygens (including phenoxy) is 1. The first-order chi connectivity index (χ1) is 15.0. The number of anilines is 2. The predicted octanol–water partition coefficient (Wildman–Crippen LogP) is 3.60. The molecular weight excluding hydrogens is 450 g/mol. The Morgan fingerprint density at radius 2 is 1.94 bits per heavy atom. The van der Waals surface area contributed by atoms with E-state index in [-0.39, 0.29) is 17.0 Å². The van der Waals surface area contributed by atoms with Crippen molar-refractivity contribution < 1.29 is 17.9 Å². The zero-order chi connectivity index (χ0) is 23.1. The van der Waals surface area contributed by atoms with E-state index in [1.807, 2.05) is 4.72 Å². The molecule has 0 spiro atoms. The Hall–Kier alpha value is -2.29. The zero-order valence-electron chi connectivity index (χ0n) is 18.4. The minimum Gasteiger partial charge on any atom is -0.378 e. The second-order valence-electron chi connectivity index (χ2n) is 9.13. The maximum atomic E-state index is 12.4. The highest BCUT2D eigenvalue weighted by Crippen LogP contribution is 2.47. The number of rotatable bonds is 4. The van der Waals surface area contributed by atoms with Crippen LogP contribution < -0.4 is 14.9 Å². The van der Waals surface area contributed by atoms with Crippen LogP contribution in [0.5, 0.6) is 0 Å². The van der Waals surface area contributed by atoms with Crippen molar-refractivity contribution in [1.29, 1.82) is 0 Å². The van der Waals surface area contributed by atoms with Gasteiger partial charge < -0.3 is 15.0 Å². The summed E-state index contributed by atoms with van der Waals surface area (Å²) in [5.74, 6) is -0.685. The molecule has 1 fully saturated rings. The lowest BCUT2D eigenvalue weighted by Gasteiger charge is -2.42. The topological polar surface area (TPSA) is 87.7 Å². The molecule has 4 rings (SSSR count). The Morgan fingerprint density at radius 1 is 1.22 bits per heavy atom. The van der Waals surface area contributed by atoms with Gasteiger partial charge in [0.2, 0.25) is 10.0 Å². The van der Waals surface area contributed by atoms with Crippen LogP contribution in [0.2, 0.25) is 5.02 Å². The molecule has 1 saturated heterocycles. The molecule has 0 radical (unpaired) electrons. The molecular formula is C23H28ClN3O4S. The summed E-state index contributed by atoms with van der Waals surface area (Å²) in [6.45, 7) is 7.55. The summed E-state index contributed by atoms with van der Waals surface area (Å²) in [7, 11) is -3.66. The van der Waals surface area contributed by atoms with Gasteiger partial charge >= 0.3 is 0 Å². The maximum Gasteiger partial charge on any atom is 0.264 e. The van der Waals surface area contributed by atoms with Gasteiger partial charge in [-0.1, -0.05) is 37.6 Å². The Morgan fingerprint density at radius 3 is 2.62 bits per heavy atom. The van der Waals surface area contributed by atoms with Crippen LogP contribution >= 0.6 is 11.6 Å². The fourth-order valence-corrected chi connectivity index (χ4v) is 5.26. The molecule has 172 valence electrons. The van der Waals surface area contributed by atoms with Crippen LogP contribution in [0, 0.1) is 5.41 Å². The average molecular weight is 478 g/mol. The molecule has 1 amide bonds. The van der Waals surface area contributed by atoms with E-state index >= 15 is 0 Å². The summed E-state index contributed by atoms with van der Waals surface area (Å²) in [4.78, 5) is 14.7. The van der Waals surface area contributed by atoms with Crippen molar-refractivity contribution in [2.75, 3.05) is 42.8 Å². The van der Waals surface area contributed by atoms with Gasteiger partial charge in [-0.25, -0.2) is 13.1 Å². The van der Waals surface area contributed by atoms with Crippen LogP contribution in [0.1, 0.15) is 41.4 Å². The molecule has 9 heteroatoms. The second-order valence-corrected chi connectivity index (χ2v) is 11.3. The van der Waals surface area contributed by atoms with Crippen molar-refractivity contribution >= 4 is 38.9 Å². The van der Waals surface area contributed by atoms with Crippen LogP contribution in [0.25, 0.3) is 0 Å². The lowest BCUT2D eigenvalue weighted by atomic mass is 9.72. The van der Waals surface area contributed by atoms with Gasteiger partial charge in [0.25, 0.3) is 5.91 Å². The van der Waals surface area contributed by atoms with E-state index in [0.29, 0.717) is 11.4 Å². The van der Waals surface area contributed by atoms with Crippen molar-refractivity contribution in [2.45, 2.75) is 26.3 Å². The van der Waals surface area contributed by atoms with Gasteiger partial charge in [-0.05, 0) is 47.2 Å². The third kappa shape index (κ3) is 4.87. The normalized spacial score (nSPS) is 20.2. The Labute approximate surface area is 194 Å². The van der Waals surface area contributed by atoms with Crippen molar-refractivity contribution in [3.8, 4) is 0 Å². The highest BCUT2D eigenvalue weighted by molar-refractivity contribution is 7.89. The Bertz CT molecular complexity index is 1140. The van der Waals surface area contributed by atoms with Crippen molar-refractivity contribution in [3.05, 3.63) is 58.1 Å². The number of morpholine rings is 1. The molecule has 2 heterocycles. The van der Waals surface area contributed by atoms with Crippen molar-refractivity contribution in [3.63, 3.8) is 0 Å². The molecule has 7 nitrogen and oxygen atoms in total. The number of hydrogen-bond donors (Lipinski definition) is 2. The molecule has 2 aliphatic heterocycles. The minimum atomic E-state index is -3.66. The molecule has 1 atom stereocenters. The Balaban J connectivity index is 1.65. The number of carbonyl (C=O) groups excluding carboxylic acids is 1. The number of carbonyl (C=O) groups is 1. The van der Waals surface area contributed by atoms with Gasteiger partial charge in [0, 0.05) is 24.3 Å². The van der Waals surface area contributed by atoms with Gasteiger partial charge in [-0.3, -0.25) is 4.79 Å².